The van der Waals surface area contributed by atoms with Crippen molar-refractivity contribution in [2.24, 2.45) is 11.8 Å². The van der Waals surface area contributed by atoms with Gasteiger partial charge in [0, 0.05) is 18.8 Å². The summed E-state index contributed by atoms with van der Waals surface area (Å²) >= 11 is 0. The maximum absolute atomic E-state index is 13.0. The number of carbonyl (C=O) groups excluding carboxylic acids is 1. The lowest BCUT2D eigenvalue weighted by molar-refractivity contribution is 0.0542. The minimum absolute atomic E-state index is 0.100. The minimum Gasteiger partial charge on any atom is -0.477 e. The average Bonchev–Trinajstić information content (AvgIpc) is 3.01. The van der Waals surface area contributed by atoms with Crippen molar-refractivity contribution >= 4 is 5.91 Å². The minimum atomic E-state index is 0.100. The highest BCUT2D eigenvalue weighted by molar-refractivity contribution is 5.96. The Kier molecular flexibility index (Phi) is 4.65. The first-order chi connectivity index (χ1) is 10.7. The van der Waals surface area contributed by atoms with Crippen molar-refractivity contribution in [1.82, 2.24) is 9.88 Å². The standard InChI is InChI=1S/C18H26N2O2/c1-13(2)12-22-17-15(8-4-10-19-17)18(21)20-11-5-7-14-6-3-9-16(14)20/h4,8,10,13-14,16H,3,5-7,9,11-12H2,1-2H3/t14-,16+/m0/s1. The monoisotopic (exact) mass is 302 g/mol. The van der Waals surface area contributed by atoms with Crippen LogP contribution < -0.4 is 4.74 Å². The highest BCUT2D eigenvalue weighted by Crippen LogP contribution is 2.37. The molecular weight excluding hydrogens is 276 g/mol. The first kappa shape index (κ1) is 15.3. The van der Waals surface area contributed by atoms with Crippen LogP contribution in [0.25, 0.3) is 0 Å². The predicted octanol–water partition coefficient (Wildman–Crippen LogP) is 3.52. The molecule has 2 heterocycles. The van der Waals surface area contributed by atoms with Crippen LogP contribution in [0.1, 0.15) is 56.3 Å². The summed E-state index contributed by atoms with van der Waals surface area (Å²) in [6, 6.07) is 4.11. The van der Waals surface area contributed by atoms with E-state index in [2.05, 4.69) is 23.7 Å². The van der Waals surface area contributed by atoms with Crippen LogP contribution >= 0.6 is 0 Å². The lowest BCUT2D eigenvalue weighted by Gasteiger charge is -2.38. The van der Waals surface area contributed by atoms with Gasteiger partial charge in [0.25, 0.3) is 5.91 Å². The maximum atomic E-state index is 13.0. The van der Waals surface area contributed by atoms with E-state index in [4.69, 9.17) is 4.74 Å². The normalized spacial score (nSPS) is 24.4. The Morgan fingerprint density at radius 3 is 3.00 bits per heavy atom. The molecule has 1 saturated carbocycles. The van der Waals surface area contributed by atoms with E-state index in [9.17, 15) is 4.79 Å². The maximum Gasteiger partial charge on any atom is 0.259 e. The molecule has 22 heavy (non-hydrogen) atoms. The lowest BCUT2D eigenvalue weighted by Crippen LogP contribution is -2.46. The van der Waals surface area contributed by atoms with Crippen LogP contribution in [0.3, 0.4) is 0 Å². The molecule has 0 radical (unpaired) electrons. The number of pyridine rings is 1. The van der Waals surface area contributed by atoms with Gasteiger partial charge in [-0.05, 0) is 49.7 Å². The van der Waals surface area contributed by atoms with Crippen LogP contribution in [0.4, 0.5) is 0 Å². The molecule has 2 fully saturated rings. The molecule has 4 heteroatoms. The van der Waals surface area contributed by atoms with Crippen molar-refractivity contribution in [3.8, 4) is 5.88 Å². The van der Waals surface area contributed by atoms with Gasteiger partial charge in [0.15, 0.2) is 0 Å². The molecule has 1 aliphatic carbocycles. The Morgan fingerprint density at radius 2 is 2.18 bits per heavy atom. The SMILES string of the molecule is CC(C)COc1ncccc1C(=O)N1CCC[C@@H]2CCC[C@H]21. The van der Waals surface area contributed by atoms with Gasteiger partial charge in [0.1, 0.15) is 5.56 Å². The van der Waals surface area contributed by atoms with Gasteiger partial charge in [-0.1, -0.05) is 20.3 Å². The van der Waals surface area contributed by atoms with E-state index in [0.717, 1.165) is 19.4 Å². The van der Waals surface area contributed by atoms with Crippen LogP contribution in [0.5, 0.6) is 5.88 Å². The van der Waals surface area contributed by atoms with Crippen LogP contribution in [-0.4, -0.2) is 35.0 Å². The summed E-state index contributed by atoms with van der Waals surface area (Å²) in [7, 11) is 0. The van der Waals surface area contributed by atoms with E-state index in [1.165, 1.54) is 19.3 Å². The van der Waals surface area contributed by atoms with Crippen molar-refractivity contribution in [1.29, 1.82) is 0 Å². The van der Waals surface area contributed by atoms with Crippen LogP contribution in [-0.2, 0) is 0 Å². The first-order valence-corrected chi connectivity index (χ1v) is 8.55. The number of amides is 1. The number of fused-ring (bicyclic) bond motifs is 1. The number of likely N-dealkylation sites (tertiary alicyclic amines) is 1. The fraction of sp³-hybridized carbons (Fsp3) is 0.667. The quantitative estimate of drug-likeness (QED) is 0.854. The van der Waals surface area contributed by atoms with Gasteiger partial charge in [-0.15, -0.1) is 0 Å². The van der Waals surface area contributed by atoms with E-state index in [1.54, 1.807) is 6.20 Å². The van der Waals surface area contributed by atoms with Crippen molar-refractivity contribution in [3.05, 3.63) is 23.9 Å². The zero-order valence-corrected chi connectivity index (χ0v) is 13.6. The molecule has 3 rings (SSSR count). The van der Waals surface area contributed by atoms with E-state index >= 15 is 0 Å². The number of hydrogen-bond donors (Lipinski definition) is 0. The second-order valence-corrected chi connectivity index (χ2v) is 6.96. The largest absolute Gasteiger partial charge is 0.477 e. The van der Waals surface area contributed by atoms with Gasteiger partial charge >= 0.3 is 0 Å². The molecule has 0 bridgehead atoms. The summed E-state index contributed by atoms with van der Waals surface area (Å²) in [5.41, 5.74) is 0.621. The van der Waals surface area contributed by atoms with Gasteiger partial charge in [-0.25, -0.2) is 4.98 Å². The van der Waals surface area contributed by atoms with Crippen LogP contribution in [0.2, 0.25) is 0 Å². The molecule has 0 aromatic carbocycles. The predicted molar refractivity (Wildman–Crippen MR) is 86.0 cm³/mol. The van der Waals surface area contributed by atoms with Gasteiger partial charge in [-0.2, -0.15) is 0 Å². The molecule has 0 N–H and O–H groups in total. The molecule has 2 aliphatic rings. The summed E-state index contributed by atoms with van der Waals surface area (Å²) in [4.78, 5) is 19.4. The third kappa shape index (κ3) is 3.11. The van der Waals surface area contributed by atoms with Crippen LogP contribution in [0.15, 0.2) is 18.3 Å². The number of piperidine rings is 1. The Labute approximate surface area is 132 Å². The molecular formula is C18H26N2O2. The number of aromatic nitrogens is 1. The third-order valence-corrected chi connectivity index (χ3v) is 4.81. The highest BCUT2D eigenvalue weighted by Gasteiger charge is 2.38. The smallest absolute Gasteiger partial charge is 0.259 e. The third-order valence-electron chi connectivity index (χ3n) is 4.81. The van der Waals surface area contributed by atoms with Crippen LogP contribution in [0, 0.1) is 11.8 Å². The van der Waals surface area contributed by atoms with Gasteiger partial charge in [-0.3, -0.25) is 4.79 Å². The molecule has 1 aliphatic heterocycles. The molecule has 2 atom stereocenters. The van der Waals surface area contributed by atoms with Gasteiger partial charge in [0.05, 0.1) is 6.61 Å². The van der Waals surface area contributed by atoms with E-state index in [0.29, 0.717) is 35.9 Å². The average molecular weight is 302 g/mol. The van der Waals surface area contributed by atoms with E-state index < -0.39 is 0 Å². The van der Waals surface area contributed by atoms with Gasteiger partial charge < -0.3 is 9.64 Å². The Balaban J connectivity index is 1.79. The summed E-state index contributed by atoms with van der Waals surface area (Å²) in [6.07, 6.45) is 7.77. The first-order valence-electron chi connectivity index (χ1n) is 8.55. The zero-order chi connectivity index (χ0) is 15.5. The second kappa shape index (κ2) is 6.67. The number of carbonyl (C=O) groups is 1. The van der Waals surface area contributed by atoms with Crippen molar-refractivity contribution in [2.45, 2.75) is 52.0 Å². The van der Waals surface area contributed by atoms with E-state index in [-0.39, 0.29) is 5.91 Å². The molecule has 4 nitrogen and oxygen atoms in total. The molecule has 1 aromatic heterocycles. The fourth-order valence-electron chi connectivity index (χ4n) is 3.78. The Hall–Kier alpha value is -1.58. The van der Waals surface area contributed by atoms with Gasteiger partial charge in [0.2, 0.25) is 5.88 Å². The van der Waals surface area contributed by atoms with Crippen molar-refractivity contribution in [2.75, 3.05) is 13.2 Å². The summed E-state index contributed by atoms with van der Waals surface area (Å²) < 4.78 is 5.76. The van der Waals surface area contributed by atoms with Crippen molar-refractivity contribution < 1.29 is 9.53 Å². The Morgan fingerprint density at radius 1 is 1.36 bits per heavy atom. The number of hydrogen-bond acceptors (Lipinski definition) is 3. The summed E-state index contributed by atoms with van der Waals surface area (Å²) in [6.45, 7) is 5.65. The number of rotatable bonds is 4. The topological polar surface area (TPSA) is 42.4 Å². The summed E-state index contributed by atoms with van der Waals surface area (Å²) in [5.74, 6) is 1.71. The zero-order valence-electron chi connectivity index (χ0n) is 13.6. The molecule has 1 aromatic rings. The summed E-state index contributed by atoms with van der Waals surface area (Å²) in [5, 5.41) is 0. The van der Waals surface area contributed by atoms with Crippen molar-refractivity contribution in [3.63, 3.8) is 0 Å². The fourth-order valence-corrected chi connectivity index (χ4v) is 3.78. The Bertz CT molecular complexity index is 530. The number of ether oxygens (including phenoxy) is 1. The highest BCUT2D eigenvalue weighted by atomic mass is 16.5. The lowest BCUT2D eigenvalue weighted by atomic mass is 9.91. The van der Waals surface area contributed by atoms with E-state index in [1.807, 2.05) is 12.1 Å². The molecule has 0 unspecified atom stereocenters. The molecule has 1 saturated heterocycles. The second-order valence-electron chi connectivity index (χ2n) is 6.96. The molecule has 0 spiro atoms. The molecule has 1 amide bonds. The molecule has 120 valence electrons. The number of nitrogens with zero attached hydrogens (tertiary/aromatic N) is 2.